The van der Waals surface area contributed by atoms with E-state index in [-0.39, 0.29) is 0 Å². The van der Waals surface area contributed by atoms with Crippen molar-refractivity contribution in [2.75, 3.05) is 11.9 Å². The highest BCUT2D eigenvalue weighted by atomic mass is 16.3. The summed E-state index contributed by atoms with van der Waals surface area (Å²) in [4.78, 5) is 4.60. The fraction of sp³-hybridized carbons (Fsp3) is 0.222. The Morgan fingerprint density at radius 1 is 1.22 bits per heavy atom. The lowest BCUT2D eigenvalue weighted by Gasteiger charge is -2.12. The van der Waals surface area contributed by atoms with Crippen LogP contribution in [0.2, 0.25) is 0 Å². The van der Waals surface area contributed by atoms with E-state index in [1.165, 1.54) is 0 Å². The number of aliphatic hydroxyl groups excluding tert-OH is 1. The molecule has 5 heteroatoms. The number of fused-ring (bicyclic) bond motifs is 1. The Balaban J connectivity index is 1.96. The quantitative estimate of drug-likeness (QED) is 0.760. The van der Waals surface area contributed by atoms with E-state index < -0.39 is 6.10 Å². The standard InChI is InChI=1S/C18H18N4O/c1-13(23)11-20-18-21-16-4-2-3-5-17(16)22(18)12-15-8-6-14(10-19)7-9-15/h2-9,13,23H,11-12H2,1H3,(H,20,21). The summed E-state index contributed by atoms with van der Waals surface area (Å²) in [5.74, 6) is 0.733. The van der Waals surface area contributed by atoms with Crippen LogP contribution in [0.4, 0.5) is 5.95 Å². The Bertz CT molecular complexity index is 844. The third kappa shape index (κ3) is 3.33. The van der Waals surface area contributed by atoms with Crippen molar-refractivity contribution in [2.24, 2.45) is 0 Å². The zero-order valence-electron chi connectivity index (χ0n) is 12.9. The number of anilines is 1. The topological polar surface area (TPSA) is 73.9 Å². The van der Waals surface area contributed by atoms with Gasteiger partial charge in [-0.1, -0.05) is 24.3 Å². The van der Waals surface area contributed by atoms with Crippen LogP contribution >= 0.6 is 0 Å². The van der Waals surface area contributed by atoms with Gasteiger partial charge in [0.2, 0.25) is 5.95 Å². The highest BCUT2D eigenvalue weighted by Crippen LogP contribution is 2.21. The van der Waals surface area contributed by atoms with E-state index in [1.54, 1.807) is 6.92 Å². The molecule has 1 atom stereocenters. The van der Waals surface area contributed by atoms with Crippen molar-refractivity contribution in [3.63, 3.8) is 0 Å². The monoisotopic (exact) mass is 306 g/mol. The fourth-order valence-electron chi connectivity index (χ4n) is 2.48. The van der Waals surface area contributed by atoms with Gasteiger partial charge >= 0.3 is 0 Å². The van der Waals surface area contributed by atoms with Crippen molar-refractivity contribution >= 4 is 17.0 Å². The molecule has 116 valence electrons. The highest BCUT2D eigenvalue weighted by Gasteiger charge is 2.11. The Kier molecular flexibility index (Phi) is 4.26. The van der Waals surface area contributed by atoms with Crippen molar-refractivity contribution in [3.8, 4) is 6.07 Å². The van der Waals surface area contributed by atoms with Gasteiger partial charge in [-0.25, -0.2) is 4.98 Å². The molecule has 0 radical (unpaired) electrons. The van der Waals surface area contributed by atoms with E-state index in [1.807, 2.05) is 48.5 Å². The third-order valence-corrected chi connectivity index (χ3v) is 3.63. The van der Waals surface area contributed by atoms with Crippen LogP contribution in [0, 0.1) is 11.3 Å². The lowest BCUT2D eigenvalue weighted by atomic mass is 10.1. The smallest absolute Gasteiger partial charge is 0.204 e. The van der Waals surface area contributed by atoms with Gasteiger partial charge in [0.25, 0.3) is 0 Å². The number of para-hydroxylation sites is 2. The Labute approximate surface area is 134 Å². The average molecular weight is 306 g/mol. The van der Waals surface area contributed by atoms with Crippen LogP contribution in [0.1, 0.15) is 18.1 Å². The second kappa shape index (κ2) is 6.51. The van der Waals surface area contributed by atoms with E-state index in [4.69, 9.17) is 5.26 Å². The molecule has 5 nitrogen and oxygen atoms in total. The zero-order chi connectivity index (χ0) is 16.2. The molecule has 0 aliphatic rings. The SMILES string of the molecule is CC(O)CNc1nc2ccccc2n1Cc1ccc(C#N)cc1. The number of aliphatic hydroxyl groups is 1. The lowest BCUT2D eigenvalue weighted by Crippen LogP contribution is -2.18. The molecule has 1 aromatic heterocycles. The van der Waals surface area contributed by atoms with Gasteiger partial charge < -0.3 is 15.0 Å². The van der Waals surface area contributed by atoms with E-state index in [0.29, 0.717) is 18.7 Å². The summed E-state index contributed by atoms with van der Waals surface area (Å²) in [7, 11) is 0. The minimum Gasteiger partial charge on any atom is -0.392 e. The van der Waals surface area contributed by atoms with Crippen LogP contribution in [0.5, 0.6) is 0 Å². The van der Waals surface area contributed by atoms with Gasteiger partial charge in [-0.05, 0) is 36.8 Å². The van der Waals surface area contributed by atoms with E-state index in [2.05, 4.69) is 20.9 Å². The minimum atomic E-state index is -0.446. The Hall–Kier alpha value is -2.84. The maximum absolute atomic E-state index is 9.50. The van der Waals surface area contributed by atoms with Crippen LogP contribution in [-0.2, 0) is 6.54 Å². The summed E-state index contributed by atoms with van der Waals surface area (Å²) in [6, 6.07) is 17.6. The maximum atomic E-state index is 9.50. The van der Waals surface area contributed by atoms with Gasteiger partial charge in [0, 0.05) is 6.54 Å². The first-order valence-electron chi connectivity index (χ1n) is 7.53. The van der Waals surface area contributed by atoms with Gasteiger partial charge in [-0.15, -0.1) is 0 Å². The lowest BCUT2D eigenvalue weighted by molar-refractivity contribution is 0.208. The summed E-state index contributed by atoms with van der Waals surface area (Å²) in [5, 5.41) is 21.6. The van der Waals surface area contributed by atoms with E-state index in [9.17, 15) is 5.11 Å². The molecular weight excluding hydrogens is 288 g/mol. The summed E-state index contributed by atoms with van der Waals surface area (Å²) >= 11 is 0. The molecule has 0 saturated carbocycles. The molecule has 1 unspecified atom stereocenters. The third-order valence-electron chi connectivity index (χ3n) is 3.63. The molecule has 3 aromatic rings. The molecule has 0 aliphatic carbocycles. The molecular formula is C18H18N4O. The first kappa shape index (κ1) is 15.1. The molecule has 2 N–H and O–H groups in total. The van der Waals surface area contributed by atoms with Crippen LogP contribution < -0.4 is 5.32 Å². The molecule has 0 fully saturated rings. The predicted molar refractivity (Wildman–Crippen MR) is 90.2 cm³/mol. The van der Waals surface area contributed by atoms with Gasteiger partial charge in [0.15, 0.2) is 0 Å². The molecule has 1 heterocycles. The number of nitrogens with one attached hydrogen (secondary N) is 1. The van der Waals surface area contributed by atoms with Crippen LogP contribution in [0.3, 0.4) is 0 Å². The van der Waals surface area contributed by atoms with Crippen LogP contribution in [0.15, 0.2) is 48.5 Å². The first-order chi connectivity index (χ1) is 11.2. The summed E-state index contributed by atoms with van der Waals surface area (Å²) in [6.07, 6.45) is -0.446. The number of aromatic nitrogens is 2. The molecule has 0 amide bonds. The van der Waals surface area contributed by atoms with Gasteiger partial charge in [-0.3, -0.25) is 0 Å². The number of benzene rings is 2. The minimum absolute atomic E-state index is 0.441. The molecule has 3 rings (SSSR count). The van der Waals surface area contributed by atoms with Crippen molar-refractivity contribution in [3.05, 3.63) is 59.7 Å². The van der Waals surface area contributed by atoms with Crippen molar-refractivity contribution < 1.29 is 5.11 Å². The molecule has 0 bridgehead atoms. The normalized spacial score (nSPS) is 12.0. The van der Waals surface area contributed by atoms with Crippen LogP contribution in [-0.4, -0.2) is 27.3 Å². The number of nitrogens with zero attached hydrogens (tertiary/aromatic N) is 3. The first-order valence-corrected chi connectivity index (χ1v) is 7.53. The van der Waals surface area contributed by atoms with Gasteiger partial charge in [-0.2, -0.15) is 5.26 Å². The van der Waals surface area contributed by atoms with Gasteiger partial charge in [0.1, 0.15) is 0 Å². The van der Waals surface area contributed by atoms with Crippen molar-refractivity contribution in [1.82, 2.24) is 9.55 Å². The summed E-state index contributed by atoms with van der Waals surface area (Å²) < 4.78 is 2.08. The second-order valence-corrected chi connectivity index (χ2v) is 5.55. The van der Waals surface area contributed by atoms with E-state index >= 15 is 0 Å². The molecule has 0 aliphatic heterocycles. The predicted octanol–water partition coefficient (Wildman–Crippen LogP) is 2.75. The molecule has 0 spiro atoms. The maximum Gasteiger partial charge on any atom is 0.204 e. The second-order valence-electron chi connectivity index (χ2n) is 5.55. The molecule has 0 saturated heterocycles. The molecule has 23 heavy (non-hydrogen) atoms. The number of nitriles is 1. The highest BCUT2D eigenvalue weighted by molar-refractivity contribution is 5.78. The summed E-state index contributed by atoms with van der Waals surface area (Å²) in [5.41, 5.74) is 3.68. The van der Waals surface area contributed by atoms with Crippen molar-refractivity contribution in [1.29, 1.82) is 5.26 Å². The number of rotatable bonds is 5. The fourth-order valence-corrected chi connectivity index (χ4v) is 2.48. The largest absolute Gasteiger partial charge is 0.392 e. The number of hydrogen-bond donors (Lipinski definition) is 2. The number of imidazole rings is 1. The Morgan fingerprint density at radius 2 is 1.96 bits per heavy atom. The van der Waals surface area contributed by atoms with E-state index in [0.717, 1.165) is 22.5 Å². The van der Waals surface area contributed by atoms with Crippen molar-refractivity contribution in [2.45, 2.75) is 19.6 Å². The average Bonchev–Trinajstić information content (AvgIpc) is 2.91. The zero-order valence-corrected chi connectivity index (χ0v) is 12.9. The number of hydrogen-bond acceptors (Lipinski definition) is 4. The van der Waals surface area contributed by atoms with Crippen LogP contribution in [0.25, 0.3) is 11.0 Å². The van der Waals surface area contributed by atoms with Gasteiger partial charge in [0.05, 0.1) is 35.3 Å². The summed E-state index contributed by atoms with van der Waals surface area (Å²) in [6.45, 7) is 2.83. The molecule has 2 aromatic carbocycles. The Morgan fingerprint density at radius 3 is 2.65 bits per heavy atom.